The minimum absolute atomic E-state index is 0.285. The number of ether oxygens (including phenoxy) is 2. The van der Waals surface area contributed by atoms with E-state index in [1.54, 1.807) is 0 Å². The van der Waals surface area contributed by atoms with Crippen LogP contribution in [-0.4, -0.2) is 40.0 Å². The van der Waals surface area contributed by atoms with Crippen LogP contribution in [-0.2, 0) is 10.2 Å². The fraction of sp³-hybridized carbons (Fsp3) is 0.538. The first-order valence-corrected chi connectivity index (χ1v) is 8.21. The van der Waals surface area contributed by atoms with Crippen LogP contribution in [0.2, 0.25) is 0 Å². The summed E-state index contributed by atoms with van der Waals surface area (Å²) in [6.45, 7) is 1.06. The first kappa shape index (κ1) is 15.7. The van der Waals surface area contributed by atoms with Gasteiger partial charge in [0.1, 0.15) is 0 Å². The van der Waals surface area contributed by atoms with Crippen molar-refractivity contribution in [2.24, 2.45) is 0 Å². The van der Waals surface area contributed by atoms with Crippen LogP contribution in [0.15, 0.2) is 12.1 Å². The molecule has 7 nitrogen and oxygen atoms in total. The fourth-order valence-corrected chi connectivity index (χ4v) is 3.61. The number of methoxy groups -OCH3 is 2. The Morgan fingerprint density at radius 3 is 2.24 bits per heavy atom. The van der Waals surface area contributed by atoms with Crippen molar-refractivity contribution in [3.8, 4) is 11.5 Å². The van der Waals surface area contributed by atoms with Crippen molar-refractivity contribution in [1.82, 2.24) is 4.31 Å². The lowest BCUT2D eigenvalue weighted by Gasteiger charge is -2.26. The number of anilines is 2. The molecule has 2 rings (SSSR count). The van der Waals surface area contributed by atoms with Gasteiger partial charge in [-0.2, -0.15) is 12.7 Å². The van der Waals surface area contributed by atoms with Gasteiger partial charge >= 0.3 is 10.2 Å². The molecule has 0 amide bonds. The van der Waals surface area contributed by atoms with Crippen molar-refractivity contribution in [3.63, 3.8) is 0 Å². The highest BCUT2D eigenvalue weighted by Crippen LogP contribution is 2.35. The lowest BCUT2D eigenvalue weighted by molar-refractivity contribution is 0.348. The Morgan fingerprint density at radius 1 is 1.10 bits per heavy atom. The van der Waals surface area contributed by atoms with E-state index >= 15 is 0 Å². The molecule has 0 aromatic heterocycles. The maximum absolute atomic E-state index is 12.3. The molecule has 1 aromatic rings. The molecule has 0 bridgehead atoms. The van der Waals surface area contributed by atoms with Gasteiger partial charge < -0.3 is 15.2 Å². The van der Waals surface area contributed by atoms with Gasteiger partial charge in [0.2, 0.25) is 0 Å². The average Bonchev–Trinajstić information content (AvgIpc) is 2.49. The monoisotopic (exact) mass is 315 g/mol. The number of hydrogen-bond donors (Lipinski definition) is 2. The Balaban J connectivity index is 2.26. The van der Waals surface area contributed by atoms with Gasteiger partial charge in [-0.05, 0) is 12.8 Å². The third kappa shape index (κ3) is 3.51. The van der Waals surface area contributed by atoms with Gasteiger partial charge in [-0.15, -0.1) is 0 Å². The number of nitrogens with one attached hydrogen (secondary N) is 1. The molecule has 1 aliphatic rings. The van der Waals surface area contributed by atoms with Crippen LogP contribution < -0.4 is 19.9 Å². The normalized spacial score (nSPS) is 16.5. The molecule has 0 saturated carbocycles. The van der Waals surface area contributed by atoms with Crippen molar-refractivity contribution in [2.45, 2.75) is 19.3 Å². The summed E-state index contributed by atoms with van der Waals surface area (Å²) in [4.78, 5) is 0. The van der Waals surface area contributed by atoms with E-state index in [1.807, 2.05) is 0 Å². The Labute approximate surface area is 125 Å². The summed E-state index contributed by atoms with van der Waals surface area (Å²) in [5.74, 6) is 0.874. The molecule has 1 saturated heterocycles. The third-order valence-electron chi connectivity index (χ3n) is 3.45. The molecule has 0 atom stereocenters. The van der Waals surface area contributed by atoms with Crippen molar-refractivity contribution >= 4 is 21.6 Å². The molecule has 118 valence electrons. The van der Waals surface area contributed by atoms with Crippen LogP contribution in [0.25, 0.3) is 0 Å². The van der Waals surface area contributed by atoms with Crippen LogP contribution in [0, 0.1) is 0 Å². The molecule has 1 aliphatic heterocycles. The van der Waals surface area contributed by atoms with E-state index in [1.165, 1.54) is 30.7 Å². The molecular weight excluding hydrogens is 294 g/mol. The van der Waals surface area contributed by atoms with E-state index in [2.05, 4.69) is 4.72 Å². The van der Waals surface area contributed by atoms with E-state index < -0.39 is 10.2 Å². The van der Waals surface area contributed by atoms with Crippen molar-refractivity contribution in [1.29, 1.82) is 0 Å². The fourth-order valence-electron chi connectivity index (χ4n) is 2.29. The van der Waals surface area contributed by atoms with E-state index in [0.717, 1.165) is 19.3 Å². The lowest BCUT2D eigenvalue weighted by Crippen LogP contribution is -2.39. The van der Waals surface area contributed by atoms with Gasteiger partial charge in [0.05, 0.1) is 25.6 Å². The van der Waals surface area contributed by atoms with Crippen molar-refractivity contribution < 1.29 is 17.9 Å². The first-order chi connectivity index (χ1) is 9.97. The zero-order valence-corrected chi connectivity index (χ0v) is 13.1. The largest absolute Gasteiger partial charge is 0.493 e. The summed E-state index contributed by atoms with van der Waals surface area (Å²) in [5.41, 5.74) is 6.45. The summed E-state index contributed by atoms with van der Waals surface area (Å²) in [5, 5.41) is 0. The Kier molecular flexibility index (Phi) is 4.79. The molecule has 1 aromatic carbocycles. The summed E-state index contributed by atoms with van der Waals surface area (Å²) in [6, 6.07) is 3.06. The molecule has 0 spiro atoms. The zero-order valence-electron chi connectivity index (χ0n) is 12.3. The molecule has 8 heteroatoms. The number of piperidine rings is 1. The quantitative estimate of drug-likeness (QED) is 0.802. The maximum atomic E-state index is 12.3. The summed E-state index contributed by atoms with van der Waals surface area (Å²) in [6.07, 6.45) is 2.81. The van der Waals surface area contributed by atoms with E-state index in [0.29, 0.717) is 30.3 Å². The Bertz CT molecular complexity index is 598. The Hall–Kier alpha value is -1.67. The number of rotatable bonds is 5. The molecule has 0 aliphatic carbocycles. The SMILES string of the molecule is COc1cc(N)c(NS(=O)(=O)N2CCCCC2)cc1OC. The van der Waals surface area contributed by atoms with Crippen LogP contribution in [0.5, 0.6) is 11.5 Å². The minimum Gasteiger partial charge on any atom is -0.493 e. The molecule has 21 heavy (non-hydrogen) atoms. The number of benzene rings is 1. The number of nitrogen functional groups attached to an aromatic ring is 1. The predicted molar refractivity (Wildman–Crippen MR) is 81.9 cm³/mol. The van der Waals surface area contributed by atoms with Gasteiger partial charge in [-0.3, -0.25) is 4.72 Å². The minimum atomic E-state index is -3.60. The number of hydrogen-bond acceptors (Lipinski definition) is 5. The van der Waals surface area contributed by atoms with Crippen molar-refractivity contribution in [3.05, 3.63) is 12.1 Å². The van der Waals surface area contributed by atoms with Crippen LogP contribution in [0.3, 0.4) is 0 Å². The summed E-state index contributed by atoms with van der Waals surface area (Å²) in [7, 11) is -0.618. The number of nitrogens with two attached hydrogens (primary N) is 1. The van der Waals surface area contributed by atoms with Crippen LogP contribution in [0.4, 0.5) is 11.4 Å². The van der Waals surface area contributed by atoms with Gasteiger partial charge in [-0.1, -0.05) is 6.42 Å². The van der Waals surface area contributed by atoms with Gasteiger partial charge in [0.15, 0.2) is 11.5 Å². The Morgan fingerprint density at radius 2 is 1.67 bits per heavy atom. The third-order valence-corrected chi connectivity index (χ3v) is 4.97. The molecule has 1 heterocycles. The van der Waals surface area contributed by atoms with Crippen LogP contribution >= 0.6 is 0 Å². The smallest absolute Gasteiger partial charge is 0.301 e. The molecule has 3 N–H and O–H groups in total. The maximum Gasteiger partial charge on any atom is 0.301 e. The summed E-state index contributed by atoms with van der Waals surface area (Å²) < 4.78 is 38.9. The first-order valence-electron chi connectivity index (χ1n) is 6.77. The molecule has 0 radical (unpaired) electrons. The van der Waals surface area contributed by atoms with E-state index in [-0.39, 0.29) is 5.69 Å². The van der Waals surface area contributed by atoms with E-state index in [9.17, 15) is 8.42 Å². The predicted octanol–water partition coefficient (Wildman–Crippen LogP) is 1.43. The van der Waals surface area contributed by atoms with Gasteiger partial charge in [0.25, 0.3) is 0 Å². The summed E-state index contributed by atoms with van der Waals surface area (Å²) >= 11 is 0. The highest BCUT2D eigenvalue weighted by molar-refractivity contribution is 7.90. The zero-order chi connectivity index (χ0) is 15.5. The second-order valence-corrected chi connectivity index (χ2v) is 6.53. The highest BCUT2D eigenvalue weighted by atomic mass is 32.2. The van der Waals surface area contributed by atoms with Gasteiger partial charge in [0, 0.05) is 25.2 Å². The molecular formula is C13H21N3O4S. The lowest BCUT2D eigenvalue weighted by atomic mass is 10.2. The highest BCUT2D eigenvalue weighted by Gasteiger charge is 2.25. The number of nitrogens with zero attached hydrogens (tertiary/aromatic N) is 1. The second-order valence-electron chi connectivity index (χ2n) is 4.86. The van der Waals surface area contributed by atoms with Gasteiger partial charge in [-0.25, -0.2) is 0 Å². The standard InChI is InChI=1S/C13H21N3O4S/c1-19-12-8-10(14)11(9-13(12)20-2)15-21(17,18)16-6-4-3-5-7-16/h8-9,15H,3-7,14H2,1-2H3. The average molecular weight is 315 g/mol. The molecule has 0 unspecified atom stereocenters. The second kappa shape index (κ2) is 6.40. The van der Waals surface area contributed by atoms with Crippen LogP contribution in [0.1, 0.15) is 19.3 Å². The molecule has 1 fully saturated rings. The van der Waals surface area contributed by atoms with Crippen molar-refractivity contribution in [2.75, 3.05) is 37.8 Å². The topological polar surface area (TPSA) is 93.9 Å². The van der Waals surface area contributed by atoms with E-state index in [4.69, 9.17) is 15.2 Å².